The number of amides is 2. The predicted octanol–water partition coefficient (Wildman–Crippen LogP) is 3.74. The summed E-state index contributed by atoms with van der Waals surface area (Å²) >= 11 is 5.93. The first kappa shape index (κ1) is 20.5. The fourth-order valence-corrected chi connectivity index (χ4v) is 2.79. The molecule has 6 nitrogen and oxygen atoms in total. The van der Waals surface area contributed by atoms with Gasteiger partial charge in [-0.05, 0) is 43.2 Å². The van der Waals surface area contributed by atoms with Gasteiger partial charge in [-0.25, -0.2) is 4.79 Å². The number of carbonyl (C=O) groups is 3. The molecule has 0 aliphatic heterocycles. The van der Waals surface area contributed by atoms with Gasteiger partial charge >= 0.3 is 5.97 Å². The summed E-state index contributed by atoms with van der Waals surface area (Å²) < 4.78 is 0. The van der Waals surface area contributed by atoms with Gasteiger partial charge in [0.2, 0.25) is 5.91 Å². The lowest BCUT2D eigenvalue weighted by Gasteiger charge is -2.22. The van der Waals surface area contributed by atoms with E-state index in [2.05, 4.69) is 10.6 Å². The van der Waals surface area contributed by atoms with Crippen molar-refractivity contribution in [3.8, 4) is 0 Å². The van der Waals surface area contributed by atoms with Crippen molar-refractivity contribution in [2.75, 3.05) is 5.32 Å². The van der Waals surface area contributed by atoms with Gasteiger partial charge in [-0.2, -0.15) is 0 Å². The zero-order valence-electron chi connectivity index (χ0n) is 15.2. The minimum atomic E-state index is -1.15. The standard InChI is InChI=1S/C20H21ClN2O4/c1-11(2)17(23-18(24)13-6-4-5-12(3)9-13)19(25)22-14-7-8-15(20(26)27)16(21)10-14/h4-11,17H,1-3H3,(H,22,25)(H,23,24)(H,26,27). The zero-order valence-corrected chi connectivity index (χ0v) is 16.0. The van der Waals surface area contributed by atoms with E-state index < -0.39 is 17.9 Å². The first-order chi connectivity index (χ1) is 12.7. The molecule has 2 aromatic rings. The summed E-state index contributed by atoms with van der Waals surface area (Å²) in [5.41, 5.74) is 1.72. The number of benzene rings is 2. The van der Waals surface area contributed by atoms with E-state index in [1.807, 2.05) is 26.8 Å². The highest BCUT2D eigenvalue weighted by atomic mass is 35.5. The molecule has 2 aromatic carbocycles. The van der Waals surface area contributed by atoms with Gasteiger partial charge in [-0.3, -0.25) is 9.59 Å². The quantitative estimate of drug-likeness (QED) is 0.702. The second-order valence-electron chi connectivity index (χ2n) is 6.55. The van der Waals surface area contributed by atoms with Crippen LogP contribution in [0.15, 0.2) is 42.5 Å². The summed E-state index contributed by atoms with van der Waals surface area (Å²) in [5, 5.41) is 14.4. The maximum Gasteiger partial charge on any atom is 0.337 e. The lowest BCUT2D eigenvalue weighted by atomic mass is 10.0. The van der Waals surface area contributed by atoms with E-state index in [-0.39, 0.29) is 22.4 Å². The number of hydrogen-bond acceptors (Lipinski definition) is 3. The van der Waals surface area contributed by atoms with Crippen molar-refractivity contribution in [1.29, 1.82) is 0 Å². The molecule has 0 saturated heterocycles. The van der Waals surface area contributed by atoms with Crippen LogP contribution in [0.2, 0.25) is 5.02 Å². The molecule has 0 aliphatic carbocycles. The van der Waals surface area contributed by atoms with Crippen LogP contribution in [0.1, 0.15) is 40.1 Å². The number of nitrogens with one attached hydrogen (secondary N) is 2. The van der Waals surface area contributed by atoms with E-state index in [0.717, 1.165) is 5.56 Å². The minimum absolute atomic E-state index is 0.0187. The summed E-state index contributed by atoms with van der Waals surface area (Å²) in [5.74, 6) is -2.06. The Labute approximate surface area is 162 Å². The molecule has 0 saturated carbocycles. The average molecular weight is 389 g/mol. The van der Waals surface area contributed by atoms with Crippen molar-refractivity contribution in [3.05, 3.63) is 64.2 Å². The van der Waals surface area contributed by atoms with Crippen LogP contribution in [0.25, 0.3) is 0 Å². The lowest BCUT2D eigenvalue weighted by Crippen LogP contribution is -2.47. The van der Waals surface area contributed by atoms with Gasteiger partial charge < -0.3 is 15.7 Å². The molecule has 1 atom stereocenters. The lowest BCUT2D eigenvalue weighted by molar-refractivity contribution is -0.118. The number of rotatable bonds is 6. The van der Waals surface area contributed by atoms with Crippen molar-refractivity contribution in [2.24, 2.45) is 5.92 Å². The molecule has 0 bridgehead atoms. The maximum absolute atomic E-state index is 12.6. The van der Waals surface area contributed by atoms with Crippen LogP contribution >= 0.6 is 11.6 Å². The van der Waals surface area contributed by atoms with E-state index in [0.29, 0.717) is 11.3 Å². The second kappa shape index (κ2) is 8.68. The highest BCUT2D eigenvalue weighted by Crippen LogP contribution is 2.21. The van der Waals surface area contributed by atoms with E-state index in [4.69, 9.17) is 16.7 Å². The predicted molar refractivity (Wildman–Crippen MR) is 104 cm³/mol. The summed E-state index contributed by atoms with van der Waals surface area (Å²) in [7, 11) is 0. The maximum atomic E-state index is 12.6. The van der Waals surface area contributed by atoms with E-state index in [1.165, 1.54) is 18.2 Å². The Morgan fingerprint density at radius 1 is 1.07 bits per heavy atom. The largest absolute Gasteiger partial charge is 0.478 e. The van der Waals surface area contributed by atoms with Crippen molar-refractivity contribution < 1.29 is 19.5 Å². The van der Waals surface area contributed by atoms with Gasteiger partial charge in [-0.1, -0.05) is 43.1 Å². The Hall–Kier alpha value is -2.86. The fourth-order valence-electron chi connectivity index (χ4n) is 2.53. The second-order valence-corrected chi connectivity index (χ2v) is 6.96. The van der Waals surface area contributed by atoms with Crippen molar-refractivity contribution in [3.63, 3.8) is 0 Å². The molecule has 2 rings (SSSR count). The number of halogens is 1. The number of hydrogen-bond donors (Lipinski definition) is 3. The molecule has 3 N–H and O–H groups in total. The molecule has 0 spiro atoms. The number of carbonyl (C=O) groups excluding carboxylic acids is 2. The van der Waals surface area contributed by atoms with Crippen LogP contribution in [0, 0.1) is 12.8 Å². The first-order valence-electron chi connectivity index (χ1n) is 8.40. The highest BCUT2D eigenvalue weighted by Gasteiger charge is 2.25. The summed E-state index contributed by atoms with van der Waals surface area (Å²) in [6.45, 7) is 5.52. The van der Waals surface area contributed by atoms with E-state index >= 15 is 0 Å². The average Bonchev–Trinajstić information content (AvgIpc) is 2.58. The molecule has 0 fully saturated rings. The van der Waals surface area contributed by atoms with Crippen molar-refractivity contribution in [2.45, 2.75) is 26.8 Å². The number of anilines is 1. The molecule has 0 aromatic heterocycles. The molecule has 0 heterocycles. The zero-order chi connectivity index (χ0) is 20.1. The van der Waals surface area contributed by atoms with Crippen molar-refractivity contribution in [1.82, 2.24) is 5.32 Å². The van der Waals surface area contributed by atoms with Crippen molar-refractivity contribution >= 4 is 35.1 Å². The van der Waals surface area contributed by atoms with E-state index in [9.17, 15) is 14.4 Å². The third-order valence-electron chi connectivity index (χ3n) is 3.98. The Morgan fingerprint density at radius 3 is 2.33 bits per heavy atom. The fraction of sp³-hybridized carbons (Fsp3) is 0.250. The normalized spacial score (nSPS) is 11.7. The number of carboxylic acid groups (broad SMARTS) is 1. The number of carboxylic acids is 1. The molecular formula is C20H21ClN2O4. The molecular weight excluding hydrogens is 368 g/mol. The Morgan fingerprint density at radius 2 is 1.78 bits per heavy atom. The number of aryl methyl sites for hydroxylation is 1. The Kier molecular flexibility index (Phi) is 6.58. The number of aromatic carboxylic acids is 1. The van der Waals surface area contributed by atoms with Gasteiger partial charge in [0.15, 0.2) is 0 Å². The minimum Gasteiger partial charge on any atom is -0.478 e. The molecule has 142 valence electrons. The monoisotopic (exact) mass is 388 g/mol. The van der Waals surface area contributed by atoms with Crippen LogP contribution in [0.4, 0.5) is 5.69 Å². The van der Waals surface area contributed by atoms with Gasteiger partial charge in [-0.15, -0.1) is 0 Å². The Balaban J connectivity index is 2.14. The highest BCUT2D eigenvalue weighted by molar-refractivity contribution is 6.33. The van der Waals surface area contributed by atoms with Gasteiger partial charge in [0, 0.05) is 11.3 Å². The molecule has 2 amide bonds. The third kappa shape index (κ3) is 5.31. The van der Waals surface area contributed by atoms with Crippen LogP contribution in [0.5, 0.6) is 0 Å². The smallest absolute Gasteiger partial charge is 0.337 e. The first-order valence-corrected chi connectivity index (χ1v) is 8.78. The third-order valence-corrected chi connectivity index (χ3v) is 4.30. The van der Waals surface area contributed by atoms with Gasteiger partial charge in [0.05, 0.1) is 10.6 Å². The molecule has 7 heteroatoms. The topological polar surface area (TPSA) is 95.5 Å². The van der Waals surface area contributed by atoms with Gasteiger partial charge in [0.1, 0.15) is 6.04 Å². The SMILES string of the molecule is Cc1cccc(C(=O)NC(C(=O)Nc2ccc(C(=O)O)c(Cl)c2)C(C)C)c1. The molecule has 0 radical (unpaired) electrons. The van der Waals surface area contributed by atoms with Crippen LogP contribution in [0.3, 0.4) is 0 Å². The summed E-state index contributed by atoms with van der Waals surface area (Å²) in [6, 6.07) is 10.5. The Bertz CT molecular complexity index is 880. The summed E-state index contributed by atoms with van der Waals surface area (Å²) in [4.78, 5) is 36.1. The van der Waals surface area contributed by atoms with Gasteiger partial charge in [0.25, 0.3) is 5.91 Å². The van der Waals surface area contributed by atoms with E-state index in [1.54, 1.807) is 18.2 Å². The van der Waals surface area contributed by atoms with Crippen LogP contribution in [-0.2, 0) is 4.79 Å². The molecule has 0 aliphatic rings. The molecule has 27 heavy (non-hydrogen) atoms. The molecule has 1 unspecified atom stereocenters. The summed E-state index contributed by atoms with van der Waals surface area (Å²) in [6.07, 6.45) is 0. The van der Waals surface area contributed by atoms with Crippen LogP contribution in [-0.4, -0.2) is 28.9 Å². The van der Waals surface area contributed by atoms with Crippen LogP contribution < -0.4 is 10.6 Å².